The molecule has 1 unspecified atom stereocenters. The Morgan fingerprint density at radius 2 is 1.90 bits per heavy atom. The van der Waals surface area contributed by atoms with Crippen LogP contribution in [0.5, 0.6) is 0 Å². The molecule has 0 saturated carbocycles. The first kappa shape index (κ1) is 15.4. The van der Waals surface area contributed by atoms with Crippen molar-refractivity contribution < 1.29 is 0 Å². The third-order valence-corrected chi connectivity index (χ3v) is 4.73. The molecule has 2 rings (SSSR count). The number of rotatable bonds is 5. The summed E-state index contributed by atoms with van der Waals surface area (Å²) in [5, 5.41) is 4.23. The maximum atomic E-state index is 6.53. The highest BCUT2D eigenvalue weighted by molar-refractivity contribution is 4.99. The summed E-state index contributed by atoms with van der Waals surface area (Å²) in [6.07, 6.45) is 7.71. The highest BCUT2D eigenvalue weighted by atomic mass is 15.3. The SMILES string of the molecule is CCn1ncnc1CC(N)C(C)(C)N1CCCCCC1. The van der Waals surface area contributed by atoms with Gasteiger partial charge in [-0.05, 0) is 46.7 Å². The summed E-state index contributed by atoms with van der Waals surface area (Å²) in [7, 11) is 0. The number of nitrogens with two attached hydrogens (primary N) is 1. The molecule has 114 valence electrons. The topological polar surface area (TPSA) is 60.0 Å². The van der Waals surface area contributed by atoms with Crippen LogP contribution < -0.4 is 5.73 Å². The van der Waals surface area contributed by atoms with Gasteiger partial charge in [-0.1, -0.05) is 12.8 Å². The van der Waals surface area contributed by atoms with Gasteiger partial charge in [0.1, 0.15) is 12.2 Å². The van der Waals surface area contributed by atoms with E-state index in [2.05, 4.69) is 35.8 Å². The zero-order valence-corrected chi connectivity index (χ0v) is 13.2. The van der Waals surface area contributed by atoms with E-state index in [1.165, 1.54) is 38.8 Å². The van der Waals surface area contributed by atoms with Crippen LogP contribution in [0.1, 0.15) is 52.3 Å². The molecule has 1 aliphatic heterocycles. The van der Waals surface area contributed by atoms with Crippen molar-refractivity contribution in [3.05, 3.63) is 12.2 Å². The number of hydrogen-bond donors (Lipinski definition) is 1. The first-order valence-corrected chi connectivity index (χ1v) is 7.93. The predicted octanol–water partition coefficient (Wildman–Crippen LogP) is 1.82. The Kier molecular flexibility index (Phi) is 5.16. The van der Waals surface area contributed by atoms with Crippen molar-refractivity contribution in [1.82, 2.24) is 19.7 Å². The maximum Gasteiger partial charge on any atom is 0.138 e. The Morgan fingerprint density at radius 1 is 1.25 bits per heavy atom. The predicted molar refractivity (Wildman–Crippen MR) is 81.5 cm³/mol. The van der Waals surface area contributed by atoms with E-state index >= 15 is 0 Å². The van der Waals surface area contributed by atoms with Crippen LogP contribution in [0.25, 0.3) is 0 Å². The smallest absolute Gasteiger partial charge is 0.138 e. The highest BCUT2D eigenvalue weighted by Gasteiger charge is 2.34. The summed E-state index contributed by atoms with van der Waals surface area (Å²) in [6, 6.07) is 0.0788. The van der Waals surface area contributed by atoms with Gasteiger partial charge in [-0.2, -0.15) is 5.10 Å². The van der Waals surface area contributed by atoms with Crippen LogP contribution in [0.3, 0.4) is 0 Å². The van der Waals surface area contributed by atoms with Gasteiger partial charge in [0.05, 0.1) is 0 Å². The first-order valence-electron chi connectivity index (χ1n) is 7.93. The van der Waals surface area contributed by atoms with Gasteiger partial charge in [0.2, 0.25) is 0 Å². The van der Waals surface area contributed by atoms with Gasteiger partial charge in [0, 0.05) is 24.5 Å². The molecule has 0 spiro atoms. The number of nitrogens with zero attached hydrogens (tertiary/aromatic N) is 4. The van der Waals surface area contributed by atoms with Gasteiger partial charge in [0.25, 0.3) is 0 Å². The van der Waals surface area contributed by atoms with Crippen LogP contribution in [0.4, 0.5) is 0 Å². The van der Waals surface area contributed by atoms with Crippen molar-refractivity contribution in [1.29, 1.82) is 0 Å². The van der Waals surface area contributed by atoms with E-state index in [-0.39, 0.29) is 11.6 Å². The third-order valence-electron chi connectivity index (χ3n) is 4.73. The molecule has 5 heteroatoms. The first-order chi connectivity index (χ1) is 9.55. The lowest BCUT2D eigenvalue weighted by molar-refractivity contribution is 0.0968. The molecular weight excluding hydrogens is 250 g/mol. The van der Waals surface area contributed by atoms with Gasteiger partial charge in [-0.25, -0.2) is 4.98 Å². The average molecular weight is 279 g/mol. The van der Waals surface area contributed by atoms with Gasteiger partial charge in [0.15, 0.2) is 0 Å². The summed E-state index contributed by atoms with van der Waals surface area (Å²) in [6.45, 7) is 9.82. The molecule has 0 radical (unpaired) electrons. The zero-order chi connectivity index (χ0) is 14.6. The fourth-order valence-corrected chi connectivity index (χ4v) is 3.04. The lowest BCUT2D eigenvalue weighted by Crippen LogP contribution is -2.57. The normalized spacial score (nSPS) is 19.8. The molecule has 0 aromatic carbocycles. The molecule has 0 aliphatic carbocycles. The van der Waals surface area contributed by atoms with E-state index in [1.807, 2.05) is 4.68 Å². The summed E-state index contributed by atoms with van der Waals surface area (Å²) in [5.74, 6) is 1.00. The van der Waals surface area contributed by atoms with Crippen LogP contribution in [0, 0.1) is 0 Å². The van der Waals surface area contributed by atoms with Crippen LogP contribution in [0.15, 0.2) is 6.33 Å². The van der Waals surface area contributed by atoms with Crippen LogP contribution in [-0.4, -0.2) is 44.3 Å². The largest absolute Gasteiger partial charge is 0.326 e. The van der Waals surface area contributed by atoms with Crippen molar-refractivity contribution in [2.75, 3.05) is 13.1 Å². The molecule has 1 aliphatic rings. The average Bonchev–Trinajstić information content (AvgIpc) is 2.70. The van der Waals surface area contributed by atoms with Gasteiger partial charge in [-0.15, -0.1) is 0 Å². The number of hydrogen-bond acceptors (Lipinski definition) is 4. The summed E-state index contributed by atoms with van der Waals surface area (Å²) >= 11 is 0. The summed E-state index contributed by atoms with van der Waals surface area (Å²) in [5.41, 5.74) is 6.53. The van der Waals surface area contributed by atoms with Crippen LogP contribution in [-0.2, 0) is 13.0 Å². The van der Waals surface area contributed by atoms with Crippen LogP contribution >= 0.6 is 0 Å². The maximum absolute atomic E-state index is 6.53. The Morgan fingerprint density at radius 3 is 2.50 bits per heavy atom. The summed E-state index contributed by atoms with van der Waals surface area (Å²) < 4.78 is 1.94. The lowest BCUT2D eigenvalue weighted by atomic mass is 9.90. The fourth-order valence-electron chi connectivity index (χ4n) is 3.04. The van der Waals surface area contributed by atoms with Crippen molar-refractivity contribution in [3.8, 4) is 0 Å². The van der Waals surface area contributed by atoms with E-state index < -0.39 is 0 Å². The molecule has 1 fully saturated rings. The van der Waals surface area contributed by atoms with E-state index in [0.717, 1.165) is 18.8 Å². The molecular formula is C15H29N5. The van der Waals surface area contributed by atoms with Crippen molar-refractivity contribution >= 4 is 0 Å². The van der Waals surface area contributed by atoms with Gasteiger partial charge in [-0.3, -0.25) is 9.58 Å². The quantitative estimate of drug-likeness (QED) is 0.893. The van der Waals surface area contributed by atoms with Crippen LogP contribution in [0.2, 0.25) is 0 Å². The lowest BCUT2D eigenvalue weighted by Gasteiger charge is -2.42. The Labute approximate surface area is 122 Å². The van der Waals surface area contributed by atoms with E-state index in [4.69, 9.17) is 5.73 Å². The number of aromatic nitrogens is 3. The molecule has 5 nitrogen and oxygen atoms in total. The Bertz CT molecular complexity index is 404. The minimum atomic E-state index is 0.00879. The van der Waals surface area contributed by atoms with E-state index in [0.29, 0.717) is 0 Å². The minimum Gasteiger partial charge on any atom is -0.326 e. The second-order valence-electron chi connectivity index (χ2n) is 6.36. The van der Waals surface area contributed by atoms with Crippen molar-refractivity contribution in [3.63, 3.8) is 0 Å². The molecule has 0 amide bonds. The molecule has 2 N–H and O–H groups in total. The standard InChI is InChI=1S/C15H29N5/c1-4-20-14(17-12-18-20)11-13(16)15(2,3)19-9-7-5-6-8-10-19/h12-13H,4-11,16H2,1-3H3. The molecule has 2 heterocycles. The number of aryl methyl sites for hydroxylation is 1. The molecule has 20 heavy (non-hydrogen) atoms. The minimum absolute atomic E-state index is 0.00879. The van der Waals surface area contributed by atoms with Crippen molar-refractivity contribution in [2.45, 2.75) is 71.0 Å². The van der Waals surface area contributed by atoms with Crippen molar-refractivity contribution in [2.24, 2.45) is 5.73 Å². The number of likely N-dealkylation sites (tertiary alicyclic amines) is 1. The summed E-state index contributed by atoms with van der Waals surface area (Å²) in [4.78, 5) is 6.92. The molecule has 1 atom stereocenters. The molecule has 0 bridgehead atoms. The Balaban J connectivity index is 2.03. The second-order valence-corrected chi connectivity index (χ2v) is 6.36. The molecule has 1 aromatic heterocycles. The van der Waals surface area contributed by atoms with E-state index in [1.54, 1.807) is 6.33 Å². The highest BCUT2D eigenvalue weighted by Crippen LogP contribution is 2.24. The molecule has 1 aromatic rings. The Hall–Kier alpha value is -0.940. The fraction of sp³-hybridized carbons (Fsp3) is 0.867. The third kappa shape index (κ3) is 3.38. The monoisotopic (exact) mass is 279 g/mol. The zero-order valence-electron chi connectivity index (χ0n) is 13.2. The van der Waals surface area contributed by atoms with Gasteiger partial charge < -0.3 is 5.73 Å². The van der Waals surface area contributed by atoms with E-state index in [9.17, 15) is 0 Å². The molecule has 1 saturated heterocycles. The van der Waals surface area contributed by atoms with Gasteiger partial charge >= 0.3 is 0 Å². The second kappa shape index (κ2) is 6.68.